The minimum atomic E-state index is -3.31. The van der Waals surface area contributed by atoms with Gasteiger partial charge >= 0.3 is 0 Å². The number of sulfonamides is 1. The van der Waals surface area contributed by atoms with Gasteiger partial charge in [0.1, 0.15) is 0 Å². The van der Waals surface area contributed by atoms with Crippen molar-refractivity contribution in [2.24, 2.45) is 0 Å². The van der Waals surface area contributed by atoms with Crippen LogP contribution in [0.2, 0.25) is 0 Å². The summed E-state index contributed by atoms with van der Waals surface area (Å²) in [5.74, 6) is 0. The van der Waals surface area contributed by atoms with Crippen molar-refractivity contribution in [1.29, 1.82) is 0 Å². The zero-order valence-electron chi connectivity index (χ0n) is 9.73. The van der Waals surface area contributed by atoms with E-state index in [1.54, 1.807) is 12.1 Å². The fraction of sp³-hybridized carbons (Fsp3) is 0.500. The van der Waals surface area contributed by atoms with E-state index in [2.05, 4.69) is 17.0 Å². The van der Waals surface area contributed by atoms with E-state index in [1.165, 1.54) is 0 Å². The van der Waals surface area contributed by atoms with Crippen LogP contribution in [0.15, 0.2) is 23.1 Å². The summed E-state index contributed by atoms with van der Waals surface area (Å²) in [5.41, 5.74) is 2.15. The standard InChI is InChI=1S/C12H16N2O2S/c1-8-6-9-7-11(4-5-12(9)13-8)17(15,16)14-10-2-3-10/h4-5,7-8,10,13-14H,2-3,6H2,1H3. The summed E-state index contributed by atoms with van der Waals surface area (Å²) in [5, 5.41) is 3.31. The van der Waals surface area contributed by atoms with E-state index in [4.69, 9.17) is 0 Å². The normalized spacial score (nSPS) is 23.2. The summed E-state index contributed by atoms with van der Waals surface area (Å²) >= 11 is 0. The maximum atomic E-state index is 12.0. The Kier molecular flexibility index (Phi) is 2.41. The zero-order chi connectivity index (χ0) is 12.0. The lowest BCUT2D eigenvalue weighted by atomic mass is 10.1. The third kappa shape index (κ3) is 2.17. The van der Waals surface area contributed by atoms with Crippen LogP contribution in [-0.2, 0) is 16.4 Å². The number of fused-ring (bicyclic) bond motifs is 1. The Morgan fingerprint density at radius 2 is 2.12 bits per heavy atom. The molecule has 0 radical (unpaired) electrons. The minimum absolute atomic E-state index is 0.158. The molecule has 1 atom stereocenters. The highest BCUT2D eigenvalue weighted by molar-refractivity contribution is 7.89. The lowest BCUT2D eigenvalue weighted by Gasteiger charge is -2.07. The predicted octanol–water partition coefficient (Wildman–Crippen LogP) is 1.48. The first-order valence-corrected chi connectivity index (χ1v) is 7.45. The van der Waals surface area contributed by atoms with Gasteiger partial charge in [-0.1, -0.05) is 0 Å². The van der Waals surface area contributed by atoms with Crippen LogP contribution < -0.4 is 10.0 Å². The van der Waals surface area contributed by atoms with Crippen molar-refractivity contribution in [3.8, 4) is 0 Å². The molecule has 2 aliphatic rings. The van der Waals surface area contributed by atoms with Crippen LogP contribution in [0.25, 0.3) is 0 Å². The van der Waals surface area contributed by atoms with Crippen molar-refractivity contribution in [1.82, 2.24) is 4.72 Å². The first kappa shape index (κ1) is 11.0. The lowest BCUT2D eigenvalue weighted by molar-refractivity contribution is 0.581. The predicted molar refractivity (Wildman–Crippen MR) is 66.6 cm³/mol. The molecular weight excluding hydrogens is 236 g/mol. The van der Waals surface area contributed by atoms with Crippen molar-refractivity contribution >= 4 is 15.7 Å². The fourth-order valence-electron chi connectivity index (χ4n) is 2.18. The summed E-state index contributed by atoms with van der Waals surface area (Å²) in [4.78, 5) is 0.388. The molecule has 1 aromatic rings. The average molecular weight is 252 g/mol. The summed E-state index contributed by atoms with van der Waals surface area (Å²) in [7, 11) is -3.31. The van der Waals surface area contributed by atoms with Gasteiger partial charge in [-0.2, -0.15) is 0 Å². The number of hydrogen-bond donors (Lipinski definition) is 2. The van der Waals surface area contributed by atoms with Gasteiger partial charge in [0.25, 0.3) is 0 Å². The van der Waals surface area contributed by atoms with Gasteiger partial charge in [0.2, 0.25) is 10.0 Å². The lowest BCUT2D eigenvalue weighted by Crippen LogP contribution is -2.25. The van der Waals surface area contributed by atoms with Gasteiger partial charge in [0.15, 0.2) is 0 Å². The van der Waals surface area contributed by atoms with Gasteiger partial charge in [-0.05, 0) is 49.9 Å². The molecule has 1 unspecified atom stereocenters. The Morgan fingerprint density at radius 3 is 2.82 bits per heavy atom. The molecule has 1 saturated carbocycles. The van der Waals surface area contributed by atoms with Crippen molar-refractivity contribution in [3.63, 3.8) is 0 Å². The summed E-state index contributed by atoms with van der Waals surface area (Å²) < 4.78 is 26.8. The van der Waals surface area contributed by atoms with E-state index in [-0.39, 0.29) is 6.04 Å². The summed E-state index contributed by atoms with van der Waals surface area (Å²) in [6, 6.07) is 5.87. The highest BCUT2D eigenvalue weighted by Crippen LogP contribution is 2.29. The number of benzene rings is 1. The summed E-state index contributed by atoms with van der Waals surface area (Å²) in [6.45, 7) is 2.09. The quantitative estimate of drug-likeness (QED) is 0.856. The highest BCUT2D eigenvalue weighted by atomic mass is 32.2. The van der Waals surface area contributed by atoms with E-state index in [0.29, 0.717) is 10.9 Å². The molecule has 5 heteroatoms. The molecule has 1 aromatic carbocycles. The molecule has 0 amide bonds. The topological polar surface area (TPSA) is 58.2 Å². The van der Waals surface area contributed by atoms with Gasteiger partial charge in [-0.25, -0.2) is 13.1 Å². The van der Waals surface area contributed by atoms with Crippen molar-refractivity contribution in [2.45, 2.75) is 43.2 Å². The molecule has 92 valence electrons. The molecule has 1 aliphatic heterocycles. The summed E-state index contributed by atoms with van der Waals surface area (Å²) in [6.07, 6.45) is 2.81. The monoisotopic (exact) mass is 252 g/mol. The van der Waals surface area contributed by atoms with E-state index >= 15 is 0 Å². The van der Waals surface area contributed by atoms with Crippen LogP contribution in [0.5, 0.6) is 0 Å². The van der Waals surface area contributed by atoms with Crippen LogP contribution >= 0.6 is 0 Å². The van der Waals surface area contributed by atoms with Gasteiger partial charge in [0, 0.05) is 17.8 Å². The molecule has 1 heterocycles. The Bertz CT molecular complexity index is 550. The first-order chi connectivity index (χ1) is 8.04. The van der Waals surface area contributed by atoms with Crippen molar-refractivity contribution in [3.05, 3.63) is 23.8 Å². The average Bonchev–Trinajstić information content (AvgIpc) is 2.95. The second-order valence-corrected chi connectivity index (χ2v) is 6.68. The van der Waals surface area contributed by atoms with E-state index in [1.807, 2.05) is 6.07 Å². The Balaban J connectivity index is 1.91. The smallest absolute Gasteiger partial charge is 0.240 e. The molecule has 4 nitrogen and oxygen atoms in total. The van der Waals surface area contributed by atoms with Gasteiger partial charge in [-0.3, -0.25) is 0 Å². The molecule has 2 N–H and O–H groups in total. The van der Waals surface area contributed by atoms with Crippen molar-refractivity contribution in [2.75, 3.05) is 5.32 Å². The Labute approximate surface area is 101 Å². The first-order valence-electron chi connectivity index (χ1n) is 5.96. The van der Waals surface area contributed by atoms with Gasteiger partial charge in [0.05, 0.1) is 4.90 Å². The van der Waals surface area contributed by atoms with E-state index in [9.17, 15) is 8.42 Å². The number of nitrogens with one attached hydrogen (secondary N) is 2. The third-order valence-electron chi connectivity index (χ3n) is 3.21. The van der Waals surface area contributed by atoms with E-state index in [0.717, 1.165) is 30.5 Å². The number of anilines is 1. The molecule has 0 saturated heterocycles. The number of hydrogen-bond acceptors (Lipinski definition) is 3. The Morgan fingerprint density at radius 1 is 1.35 bits per heavy atom. The van der Waals surface area contributed by atoms with Crippen LogP contribution in [0.4, 0.5) is 5.69 Å². The molecule has 0 bridgehead atoms. The second kappa shape index (κ2) is 3.71. The molecule has 1 fully saturated rings. The molecular formula is C12H16N2O2S. The maximum absolute atomic E-state index is 12.0. The molecule has 3 rings (SSSR count). The molecule has 0 aromatic heterocycles. The number of rotatable bonds is 3. The third-order valence-corrected chi connectivity index (χ3v) is 4.73. The van der Waals surface area contributed by atoms with Gasteiger partial charge in [-0.15, -0.1) is 0 Å². The SMILES string of the molecule is CC1Cc2cc(S(=O)(=O)NC3CC3)ccc2N1. The van der Waals surface area contributed by atoms with Crippen LogP contribution in [0.3, 0.4) is 0 Å². The van der Waals surface area contributed by atoms with Crippen LogP contribution in [0, 0.1) is 0 Å². The largest absolute Gasteiger partial charge is 0.382 e. The Hall–Kier alpha value is -1.07. The zero-order valence-corrected chi connectivity index (χ0v) is 10.5. The van der Waals surface area contributed by atoms with Crippen LogP contribution in [-0.4, -0.2) is 20.5 Å². The fourth-order valence-corrected chi connectivity index (χ4v) is 3.54. The highest BCUT2D eigenvalue weighted by Gasteiger charge is 2.28. The molecule has 0 spiro atoms. The second-order valence-electron chi connectivity index (χ2n) is 4.96. The van der Waals surface area contributed by atoms with Gasteiger partial charge < -0.3 is 5.32 Å². The molecule has 1 aliphatic carbocycles. The maximum Gasteiger partial charge on any atom is 0.240 e. The van der Waals surface area contributed by atoms with Crippen LogP contribution in [0.1, 0.15) is 25.3 Å². The van der Waals surface area contributed by atoms with E-state index < -0.39 is 10.0 Å². The van der Waals surface area contributed by atoms with Crippen molar-refractivity contribution < 1.29 is 8.42 Å². The minimum Gasteiger partial charge on any atom is -0.382 e. The molecule has 17 heavy (non-hydrogen) atoms.